The number of nitrogens with one attached hydrogen (secondary N) is 1. The van der Waals surface area contributed by atoms with Gasteiger partial charge in [-0.25, -0.2) is 0 Å². The Morgan fingerprint density at radius 2 is 1.46 bits per heavy atom. The van der Waals surface area contributed by atoms with E-state index in [0.717, 1.165) is 6.42 Å². The summed E-state index contributed by atoms with van der Waals surface area (Å²) in [5, 5.41) is 12.3. The summed E-state index contributed by atoms with van der Waals surface area (Å²) in [6, 6.07) is 0. The Kier molecular flexibility index (Phi) is 53.0. The van der Waals surface area contributed by atoms with Crippen LogP contribution in [0.1, 0.15) is 101 Å². The SMILES string of the molecule is CC.CC(=O)OCOCCOC=O.CCC.CCC.CCCC(=O)OC[C@@H](CNC(O)CCC)OC=O. The molecule has 0 aliphatic rings. The van der Waals surface area contributed by atoms with E-state index < -0.39 is 18.3 Å². The van der Waals surface area contributed by atoms with Crippen molar-refractivity contribution in [1.29, 1.82) is 0 Å². The Bertz CT molecular complexity index is 463. The Morgan fingerprint density at radius 1 is 0.892 bits per heavy atom. The average Bonchev–Trinajstić information content (AvgIpc) is 2.86. The van der Waals surface area contributed by atoms with E-state index in [1.54, 1.807) is 0 Å². The molecular weight excluding hydrogens is 486 g/mol. The molecule has 1 unspecified atom stereocenters. The zero-order chi connectivity index (χ0) is 29.7. The Labute approximate surface area is 224 Å². The lowest BCUT2D eigenvalue weighted by Gasteiger charge is -2.18. The van der Waals surface area contributed by atoms with E-state index in [4.69, 9.17) is 14.2 Å². The Morgan fingerprint density at radius 3 is 1.89 bits per heavy atom. The van der Waals surface area contributed by atoms with Crippen LogP contribution >= 0.6 is 0 Å². The number of ether oxygens (including phenoxy) is 5. The number of hydrogen-bond donors (Lipinski definition) is 2. The lowest BCUT2D eigenvalue weighted by molar-refractivity contribution is -0.155. The highest BCUT2D eigenvalue weighted by Crippen LogP contribution is 1.98. The molecule has 11 nitrogen and oxygen atoms in total. The smallest absolute Gasteiger partial charge is 0.305 e. The van der Waals surface area contributed by atoms with E-state index in [-0.39, 0.29) is 39.1 Å². The van der Waals surface area contributed by atoms with Crippen molar-refractivity contribution in [3.63, 3.8) is 0 Å². The molecule has 0 aromatic rings. The molecule has 0 saturated carbocycles. The molecule has 0 amide bonds. The van der Waals surface area contributed by atoms with Crippen molar-refractivity contribution in [2.75, 3.05) is 33.2 Å². The Balaban J connectivity index is -0.000000152. The monoisotopic (exact) mass is 541 g/mol. The number of carbonyl (C=O) groups is 4. The molecule has 11 heteroatoms. The lowest BCUT2D eigenvalue weighted by atomic mass is 10.3. The third-order valence-corrected chi connectivity index (χ3v) is 3.03. The molecule has 0 spiro atoms. The number of esters is 2. The van der Waals surface area contributed by atoms with Crippen LogP contribution in [0.15, 0.2) is 0 Å². The summed E-state index contributed by atoms with van der Waals surface area (Å²) in [7, 11) is 0. The maximum Gasteiger partial charge on any atom is 0.305 e. The average molecular weight is 542 g/mol. The van der Waals surface area contributed by atoms with Crippen LogP contribution < -0.4 is 5.32 Å². The molecule has 2 N–H and O–H groups in total. The van der Waals surface area contributed by atoms with Gasteiger partial charge in [0, 0.05) is 19.9 Å². The zero-order valence-corrected chi connectivity index (χ0v) is 24.7. The minimum Gasteiger partial charge on any atom is -0.465 e. The zero-order valence-electron chi connectivity index (χ0n) is 24.7. The van der Waals surface area contributed by atoms with E-state index in [0.29, 0.717) is 32.2 Å². The summed E-state index contributed by atoms with van der Waals surface area (Å²) in [6.07, 6.45) is 3.81. The van der Waals surface area contributed by atoms with Crippen LogP contribution in [0.4, 0.5) is 0 Å². The highest BCUT2D eigenvalue weighted by Gasteiger charge is 2.14. The summed E-state index contributed by atoms with van der Waals surface area (Å²) >= 11 is 0. The summed E-state index contributed by atoms with van der Waals surface area (Å²) in [5.74, 6) is -0.715. The number of rotatable bonds is 17. The summed E-state index contributed by atoms with van der Waals surface area (Å²) in [4.78, 5) is 41.2. The number of carbonyl (C=O) groups excluding carboxylic acids is 4. The molecule has 0 fully saturated rings. The number of aliphatic hydroxyl groups excluding tert-OH is 1. The molecule has 2 atom stereocenters. The second-order valence-electron chi connectivity index (χ2n) is 7.04. The maximum absolute atomic E-state index is 11.2. The maximum atomic E-state index is 11.2. The standard InChI is InChI=1S/C12H23NO5.C6H10O5.2C3H8.C2H6/c1-3-5-11(15)13-7-10(18-9-14)8-17-12(16)6-4-2;1-6(8)11-5-10-3-2-9-4-7;2*1-3-2;1-2/h9-11,13,15H,3-8H2,1-2H3;4H,2-3,5H2,1H3;2*3H2,1-2H3;1-2H3/t10-,11?;;;;/m1..../s1. The van der Waals surface area contributed by atoms with Crippen LogP contribution in [0.2, 0.25) is 0 Å². The van der Waals surface area contributed by atoms with Crippen LogP contribution in [0, 0.1) is 0 Å². The van der Waals surface area contributed by atoms with E-state index >= 15 is 0 Å². The quantitative estimate of drug-likeness (QED) is 0.0900. The molecule has 0 saturated heterocycles. The normalized spacial score (nSPS) is 10.4. The first-order chi connectivity index (χ1) is 17.7. The summed E-state index contributed by atoms with van der Waals surface area (Å²) in [5.41, 5.74) is 0. The van der Waals surface area contributed by atoms with Crippen molar-refractivity contribution in [1.82, 2.24) is 5.32 Å². The van der Waals surface area contributed by atoms with Gasteiger partial charge in [-0.15, -0.1) is 0 Å². The second-order valence-corrected chi connectivity index (χ2v) is 7.04. The first-order valence-corrected chi connectivity index (χ1v) is 13.2. The van der Waals surface area contributed by atoms with Crippen molar-refractivity contribution in [3.8, 4) is 0 Å². The summed E-state index contributed by atoms with van der Waals surface area (Å²) in [6.45, 7) is 18.8. The van der Waals surface area contributed by atoms with Gasteiger partial charge in [0.25, 0.3) is 12.9 Å². The second kappa shape index (κ2) is 43.8. The third-order valence-electron chi connectivity index (χ3n) is 3.03. The molecule has 0 heterocycles. The van der Waals surface area contributed by atoms with E-state index in [2.05, 4.69) is 42.5 Å². The van der Waals surface area contributed by atoms with Gasteiger partial charge in [0.05, 0.1) is 6.61 Å². The van der Waals surface area contributed by atoms with Gasteiger partial charge in [0.2, 0.25) is 0 Å². The summed E-state index contributed by atoms with van der Waals surface area (Å²) < 4.78 is 23.1. The van der Waals surface area contributed by atoms with Crippen LogP contribution in [0.5, 0.6) is 0 Å². The highest BCUT2D eigenvalue weighted by atomic mass is 16.7. The minimum atomic E-state index is -0.640. The van der Waals surface area contributed by atoms with E-state index in [1.807, 2.05) is 27.7 Å². The van der Waals surface area contributed by atoms with Gasteiger partial charge in [-0.05, 0) is 12.8 Å². The van der Waals surface area contributed by atoms with Crippen molar-refractivity contribution >= 4 is 24.9 Å². The molecule has 0 radical (unpaired) electrons. The Hall–Kier alpha value is -2.24. The van der Waals surface area contributed by atoms with Crippen molar-refractivity contribution in [2.45, 2.75) is 113 Å². The number of aliphatic hydroxyl groups is 1. The molecule has 0 aliphatic heterocycles. The highest BCUT2D eigenvalue weighted by molar-refractivity contribution is 5.69. The van der Waals surface area contributed by atoms with Crippen LogP contribution in [0.25, 0.3) is 0 Å². The first-order valence-electron chi connectivity index (χ1n) is 13.2. The molecule has 0 bridgehead atoms. The van der Waals surface area contributed by atoms with Crippen LogP contribution in [-0.4, -0.2) is 75.5 Å². The minimum absolute atomic E-state index is 0.00339. The van der Waals surface area contributed by atoms with Crippen LogP contribution in [-0.2, 0) is 42.9 Å². The van der Waals surface area contributed by atoms with E-state index in [1.165, 1.54) is 19.8 Å². The molecule has 0 aromatic heterocycles. The predicted octanol–water partition coefficient (Wildman–Crippen LogP) is 4.13. The van der Waals surface area contributed by atoms with Gasteiger partial charge < -0.3 is 28.8 Å². The van der Waals surface area contributed by atoms with Crippen molar-refractivity contribution in [3.05, 3.63) is 0 Å². The predicted molar refractivity (Wildman–Crippen MR) is 144 cm³/mol. The fraction of sp³-hybridized carbons (Fsp3) is 0.846. The van der Waals surface area contributed by atoms with Crippen molar-refractivity contribution < 1.29 is 48.0 Å². The van der Waals surface area contributed by atoms with Gasteiger partial charge in [-0.3, -0.25) is 24.5 Å². The third kappa shape index (κ3) is 55.5. The van der Waals surface area contributed by atoms with Crippen LogP contribution in [0.3, 0.4) is 0 Å². The molecule has 0 rings (SSSR count). The van der Waals surface area contributed by atoms with E-state index in [9.17, 15) is 24.3 Å². The van der Waals surface area contributed by atoms with Gasteiger partial charge in [0.15, 0.2) is 6.79 Å². The topological polar surface area (TPSA) is 147 Å². The largest absolute Gasteiger partial charge is 0.465 e. The fourth-order valence-corrected chi connectivity index (χ4v) is 1.67. The van der Waals surface area contributed by atoms with Crippen molar-refractivity contribution in [2.24, 2.45) is 0 Å². The van der Waals surface area contributed by atoms with Gasteiger partial charge in [-0.2, -0.15) is 0 Å². The molecular formula is C26H55NO10. The molecule has 0 aliphatic carbocycles. The molecule has 37 heavy (non-hydrogen) atoms. The lowest BCUT2D eigenvalue weighted by Crippen LogP contribution is -2.39. The molecule has 224 valence electrons. The van der Waals surface area contributed by atoms with Gasteiger partial charge in [0.1, 0.15) is 25.5 Å². The van der Waals surface area contributed by atoms with Gasteiger partial charge in [-0.1, -0.05) is 74.7 Å². The van der Waals surface area contributed by atoms with Gasteiger partial charge >= 0.3 is 11.9 Å². The first kappa shape index (κ1) is 44.7. The molecule has 0 aromatic carbocycles. The number of hydrogen-bond acceptors (Lipinski definition) is 11. The fourth-order valence-electron chi connectivity index (χ4n) is 1.67.